The van der Waals surface area contributed by atoms with E-state index in [1.54, 1.807) is 6.92 Å². The van der Waals surface area contributed by atoms with Crippen LogP contribution in [0, 0.1) is 5.92 Å². The van der Waals surface area contributed by atoms with Gasteiger partial charge in [-0.25, -0.2) is 4.79 Å². The van der Waals surface area contributed by atoms with Crippen LogP contribution >= 0.6 is 0 Å². The largest absolute Gasteiger partial charge is 0.393 e. The molecule has 4 atom stereocenters. The van der Waals surface area contributed by atoms with Crippen molar-refractivity contribution in [2.45, 2.75) is 64.0 Å². The third kappa shape index (κ3) is 6.22. The molecule has 4 unspecified atom stereocenters. The summed E-state index contributed by atoms with van der Waals surface area (Å²) in [6.07, 6.45) is 4.87. The summed E-state index contributed by atoms with van der Waals surface area (Å²) in [6.45, 7) is 4.59. The van der Waals surface area contributed by atoms with E-state index in [1.807, 2.05) is 18.2 Å². The van der Waals surface area contributed by atoms with Gasteiger partial charge in [0, 0.05) is 18.5 Å². The summed E-state index contributed by atoms with van der Waals surface area (Å²) >= 11 is 0. The van der Waals surface area contributed by atoms with Crippen LogP contribution in [-0.2, 0) is 0 Å². The minimum atomic E-state index is -0.385. The number of urea groups is 1. The quantitative estimate of drug-likeness (QED) is 0.752. The van der Waals surface area contributed by atoms with Crippen molar-refractivity contribution >= 4 is 6.03 Å². The number of nitrogens with one attached hydrogen (secondary N) is 2. The van der Waals surface area contributed by atoms with Crippen LogP contribution in [0.3, 0.4) is 0 Å². The van der Waals surface area contributed by atoms with E-state index in [-0.39, 0.29) is 18.1 Å². The summed E-state index contributed by atoms with van der Waals surface area (Å²) in [5, 5.41) is 15.8. The Labute approximate surface area is 139 Å². The molecule has 4 nitrogen and oxygen atoms in total. The lowest BCUT2D eigenvalue weighted by Crippen LogP contribution is -2.45. The topological polar surface area (TPSA) is 61.4 Å². The van der Waals surface area contributed by atoms with Crippen molar-refractivity contribution in [1.82, 2.24) is 10.6 Å². The van der Waals surface area contributed by atoms with Crippen LogP contribution in [0.15, 0.2) is 30.3 Å². The third-order valence-corrected chi connectivity index (χ3v) is 4.68. The van der Waals surface area contributed by atoms with Crippen molar-refractivity contribution in [1.29, 1.82) is 0 Å². The molecule has 4 heteroatoms. The van der Waals surface area contributed by atoms with Crippen LogP contribution in [0.25, 0.3) is 0 Å². The molecule has 0 saturated heterocycles. The third-order valence-electron chi connectivity index (χ3n) is 4.68. The lowest BCUT2D eigenvalue weighted by atomic mass is 9.87. The molecular formula is C19H30N2O2. The molecule has 0 spiro atoms. The van der Waals surface area contributed by atoms with Gasteiger partial charge in [-0.3, -0.25) is 0 Å². The molecule has 1 saturated carbocycles. The number of rotatable bonds is 6. The van der Waals surface area contributed by atoms with Gasteiger partial charge in [0.15, 0.2) is 0 Å². The molecule has 1 aliphatic rings. The standard InChI is InChI=1S/C19H30N2O2/c1-14-7-6-10-18(11-14)21-19(23)20-13-17(12-15(2)22)16-8-4-3-5-9-16/h3-5,8-9,14-15,17-18,22H,6-7,10-13H2,1-2H3,(H2,20,21,23). The molecule has 0 heterocycles. The summed E-state index contributed by atoms with van der Waals surface area (Å²) in [4.78, 5) is 12.2. The molecule has 23 heavy (non-hydrogen) atoms. The molecule has 3 N–H and O–H groups in total. The van der Waals surface area contributed by atoms with Gasteiger partial charge in [-0.05, 0) is 37.7 Å². The smallest absolute Gasteiger partial charge is 0.315 e. The lowest BCUT2D eigenvalue weighted by molar-refractivity contribution is 0.173. The Kier molecular flexibility index (Phi) is 6.90. The maximum atomic E-state index is 12.2. The van der Waals surface area contributed by atoms with E-state index in [0.717, 1.165) is 18.4 Å². The van der Waals surface area contributed by atoms with Crippen molar-refractivity contribution in [3.8, 4) is 0 Å². The number of carbonyl (C=O) groups is 1. The van der Waals surface area contributed by atoms with Gasteiger partial charge in [0.1, 0.15) is 0 Å². The number of benzene rings is 1. The predicted molar refractivity (Wildman–Crippen MR) is 93.4 cm³/mol. The van der Waals surface area contributed by atoms with E-state index in [0.29, 0.717) is 24.9 Å². The van der Waals surface area contributed by atoms with Gasteiger partial charge >= 0.3 is 6.03 Å². The Bertz CT molecular complexity index is 476. The molecule has 2 amide bonds. The number of hydrogen-bond donors (Lipinski definition) is 3. The molecule has 1 aromatic rings. The normalized spacial score (nSPS) is 23.8. The Morgan fingerprint density at radius 1 is 1.30 bits per heavy atom. The van der Waals surface area contributed by atoms with E-state index >= 15 is 0 Å². The molecule has 1 fully saturated rings. The Hall–Kier alpha value is -1.55. The number of aliphatic hydroxyl groups excluding tert-OH is 1. The maximum absolute atomic E-state index is 12.2. The minimum Gasteiger partial charge on any atom is -0.393 e. The van der Waals surface area contributed by atoms with Gasteiger partial charge in [0.2, 0.25) is 0 Å². The van der Waals surface area contributed by atoms with E-state index in [9.17, 15) is 9.90 Å². The second kappa shape index (κ2) is 8.92. The number of amides is 2. The van der Waals surface area contributed by atoms with Crippen LogP contribution in [-0.4, -0.2) is 29.8 Å². The first-order chi connectivity index (χ1) is 11.0. The zero-order chi connectivity index (χ0) is 16.7. The molecule has 0 aromatic heterocycles. The molecule has 1 aromatic carbocycles. The summed E-state index contributed by atoms with van der Waals surface area (Å²) in [6, 6.07) is 10.3. The molecule has 128 valence electrons. The molecule has 0 bridgehead atoms. The summed E-state index contributed by atoms with van der Waals surface area (Å²) < 4.78 is 0. The first-order valence-corrected chi connectivity index (χ1v) is 8.82. The lowest BCUT2D eigenvalue weighted by Gasteiger charge is -2.28. The fourth-order valence-electron chi connectivity index (χ4n) is 3.49. The number of carbonyl (C=O) groups excluding carboxylic acids is 1. The molecule has 0 radical (unpaired) electrons. The second-order valence-electron chi connectivity index (χ2n) is 7.02. The van der Waals surface area contributed by atoms with E-state index < -0.39 is 0 Å². The van der Waals surface area contributed by atoms with Gasteiger partial charge in [-0.2, -0.15) is 0 Å². The van der Waals surface area contributed by atoms with Crippen LogP contribution in [0.5, 0.6) is 0 Å². The second-order valence-corrected chi connectivity index (χ2v) is 7.02. The van der Waals surface area contributed by atoms with Crippen LogP contribution in [0.1, 0.15) is 57.4 Å². The van der Waals surface area contributed by atoms with E-state index in [1.165, 1.54) is 12.8 Å². The Balaban J connectivity index is 1.84. The zero-order valence-corrected chi connectivity index (χ0v) is 14.3. The highest BCUT2D eigenvalue weighted by Crippen LogP contribution is 2.23. The molecule has 1 aliphatic carbocycles. The van der Waals surface area contributed by atoms with Gasteiger partial charge < -0.3 is 15.7 Å². The van der Waals surface area contributed by atoms with Crippen LogP contribution < -0.4 is 10.6 Å². The molecule has 2 rings (SSSR count). The van der Waals surface area contributed by atoms with Crippen molar-refractivity contribution in [3.63, 3.8) is 0 Å². The van der Waals surface area contributed by atoms with Gasteiger partial charge in [0.25, 0.3) is 0 Å². The van der Waals surface area contributed by atoms with Crippen molar-refractivity contribution in [2.75, 3.05) is 6.54 Å². The van der Waals surface area contributed by atoms with E-state index in [2.05, 4.69) is 29.7 Å². The maximum Gasteiger partial charge on any atom is 0.315 e. The average Bonchev–Trinajstić information content (AvgIpc) is 2.52. The van der Waals surface area contributed by atoms with Crippen molar-refractivity contribution in [3.05, 3.63) is 35.9 Å². The van der Waals surface area contributed by atoms with Crippen molar-refractivity contribution in [2.24, 2.45) is 5.92 Å². The number of aliphatic hydroxyl groups is 1. The Morgan fingerprint density at radius 3 is 2.70 bits per heavy atom. The van der Waals surface area contributed by atoms with E-state index in [4.69, 9.17) is 0 Å². The minimum absolute atomic E-state index is 0.0874. The monoisotopic (exact) mass is 318 g/mol. The van der Waals surface area contributed by atoms with Gasteiger partial charge in [-0.1, -0.05) is 50.1 Å². The van der Waals surface area contributed by atoms with Gasteiger partial charge in [0.05, 0.1) is 6.10 Å². The highest BCUT2D eigenvalue weighted by Gasteiger charge is 2.21. The Morgan fingerprint density at radius 2 is 2.04 bits per heavy atom. The molecule has 0 aliphatic heterocycles. The highest BCUT2D eigenvalue weighted by molar-refractivity contribution is 5.74. The SMILES string of the molecule is CC(O)CC(CNC(=O)NC1CCCC(C)C1)c1ccccc1. The first-order valence-electron chi connectivity index (χ1n) is 8.82. The highest BCUT2D eigenvalue weighted by atomic mass is 16.3. The predicted octanol–water partition coefficient (Wildman–Crippen LogP) is 3.42. The zero-order valence-electron chi connectivity index (χ0n) is 14.3. The average molecular weight is 318 g/mol. The van der Waals surface area contributed by atoms with Crippen LogP contribution in [0.4, 0.5) is 4.79 Å². The van der Waals surface area contributed by atoms with Gasteiger partial charge in [-0.15, -0.1) is 0 Å². The van der Waals surface area contributed by atoms with Crippen LogP contribution in [0.2, 0.25) is 0 Å². The fraction of sp³-hybridized carbons (Fsp3) is 0.632. The number of hydrogen-bond acceptors (Lipinski definition) is 2. The summed E-state index contributed by atoms with van der Waals surface area (Å²) in [5.74, 6) is 0.827. The van der Waals surface area contributed by atoms with Crippen molar-refractivity contribution < 1.29 is 9.90 Å². The summed E-state index contributed by atoms with van der Waals surface area (Å²) in [5.41, 5.74) is 1.15. The fourth-order valence-corrected chi connectivity index (χ4v) is 3.49. The molecular weight excluding hydrogens is 288 g/mol. The first kappa shape index (κ1) is 17.8. The summed E-state index contributed by atoms with van der Waals surface area (Å²) in [7, 11) is 0.